The number of hydrogen-bond donors (Lipinski definition) is 1. The molecule has 108 valence electrons. The number of carbonyl (C=O) groups is 1. The van der Waals surface area contributed by atoms with Gasteiger partial charge in [-0.05, 0) is 36.5 Å². The summed E-state index contributed by atoms with van der Waals surface area (Å²) in [5.74, 6) is 0.389. The minimum atomic E-state index is -0.961. The van der Waals surface area contributed by atoms with Crippen molar-refractivity contribution in [3.63, 3.8) is 0 Å². The quantitative estimate of drug-likeness (QED) is 0.855. The average Bonchev–Trinajstić information content (AvgIpc) is 2.86. The molecule has 1 aromatic carbocycles. The van der Waals surface area contributed by atoms with Crippen LogP contribution in [0.2, 0.25) is 5.02 Å². The first-order chi connectivity index (χ1) is 9.49. The number of rotatable bonds is 4. The van der Waals surface area contributed by atoms with Crippen LogP contribution in [-0.2, 0) is 4.79 Å². The summed E-state index contributed by atoms with van der Waals surface area (Å²) in [6.45, 7) is 6.50. The molecular weight excluding hydrogens is 274 g/mol. The van der Waals surface area contributed by atoms with E-state index in [9.17, 15) is 4.79 Å². The molecule has 1 aliphatic rings. The smallest absolute Gasteiger partial charge is 0.328 e. The second kappa shape index (κ2) is 6.31. The van der Waals surface area contributed by atoms with Crippen LogP contribution < -0.4 is 4.90 Å². The topological polar surface area (TPSA) is 40.5 Å². The molecule has 1 fully saturated rings. The molecule has 0 bridgehead atoms. The van der Waals surface area contributed by atoms with Gasteiger partial charge in [-0.25, -0.2) is 4.79 Å². The zero-order valence-electron chi connectivity index (χ0n) is 11.8. The van der Waals surface area contributed by atoms with Gasteiger partial charge >= 0.3 is 5.97 Å². The molecule has 3 nitrogen and oxygen atoms in total. The van der Waals surface area contributed by atoms with Crippen molar-refractivity contribution in [3.8, 4) is 0 Å². The lowest BCUT2D eigenvalue weighted by atomic mass is 9.95. The number of aliphatic carboxylic acids is 1. The molecule has 1 atom stereocenters. The van der Waals surface area contributed by atoms with Crippen molar-refractivity contribution in [2.24, 2.45) is 11.8 Å². The van der Waals surface area contributed by atoms with Crippen LogP contribution in [0.3, 0.4) is 0 Å². The SMILES string of the molecule is CC(C)C1CCN(c2cccc(Cl)c2/C=C/C(=O)O)C1. The zero-order chi connectivity index (χ0) is 14.7. The Bertz CT molecular complexity index is 525. The van der Waals surface area contributed by atoms with Crippen LogP contribution in [0.5, 0.6) is 0 Å². The fourth-order valence-electron chi connectivity index (χ4n) is 2.67. The van der Waals surface area contributed by atoms with Gasteiger partial charge < -0.3 is 10.0 Å². The summed E-state index contributed by atoms with van der Waals surface area (Å²) in [5, 5.41) is 9.38. The predicted octanol–water partition coefficient (Wildman–Crippen LogP) is 3.92. The van der Waals surface area contributed by atoms with Crippen molar-refractivity contribution in [2.45, 2.75) is 20.3 Å². The first kappa shape index (κ1) is 14.9. The standard InChI is InChI=1S/C16H20ClNO2/c1-11(2)12-8-9-18(10-12)15-5-3-4-14(17)13(15)6-7-16(19)20/h3-7,11-12H,8-10H2,1-2H3,(H,19,20)/b7-6+. The second-order valence-electron chi connectivity index (χ2n) is 5.58. The molecule has 0 saturated carbocycles. The molecule has 1 heterocycles. The van der Waals surface area contributed by atoms with Gasteiger partial charge in [-0.1, -0.05) is 31.5 Å². The van der Waals surface area contributed by atoms with E-state index in [1.165, 1.54) is 6.42 Å². The Morgan fingerprint density at radius 2 is 2.25 bits per heavy atom. The molecule has 20 heavy (non-hydrogen) atoms. The Balaban J connectivity index is 2.28. The molecule has 1 saturated heterocycles. The van der Waals surface area contributed by atoms with Crippen molar-refractivity contribution >= 4 is 29.3 Å². The van der Waals surface area contributed by atoms with Crippen LogP contribution in [0, 0.1) is 11.8 Å². The first-order valence-electron chi connectivity index (χ1n) is 6.93. The summed E-state index contributed by atoms with van der Waals surface area (Å²) in [6, 6.07) is 5.72. The van der Waals surface area contributed by atoms with E-state index in [2.05, 4.69) is 18.7 Å². The number of carboxylic acids is 1. The number of carboxylic acid groups (broad SMARTS) is 1. The summed E-state index contributed by atoms with van der Waals surface area (Å²) in [5.41, 5.74) is 1.82. The summed E-state index contributed by atoms with van der Waals surface area (Å²) in [4.78, 5) is 13.0. The normalized spacial score (nSPS) is 19.2. The largest absolute Gasteiger partial charge is 0.478 e. The van der Waals surface area contributed by atoms with Gasteiger partial charge in [0.2, 0.25) is 0 Å². The minimum Gasteiger partial charge on any atom is -0.478 e. The lowest BCUT2D eigenvalue weighted by Gasteiger charge is -2.22. The Hall–Kier alpha value is -1.48. The Morgan fingerprint density at radius 1 is 1.50 bits per heavy atom. The van der Waals surface area contributed by atoms with E-state index >= 15 is 0 Å². The van der Waals surface area contributed by atoms with Crippen LogP contribution in [-0.4, -0.2) is 24.2 Å². The molecule has 1 unspecified atom stereocenters. The second-order valence-corrected chi connectivity index (χ2v) is 5.99. The molecule has 4 heteroatoms. The monoisotopic (exact) mass is 293 g/mol. The number of halogens is 1. The highest BCUT2D eigenvalue weighted by Gasteiger charge is 2.26. The van der Waals surface area contributed by atoms with E-state index in [1.807, 2.05) is 12.1 Å². The Morgan fingerprint density at radius 3 is 2.85 bits per heavy atom. The highest BCUT2D eigenvalue weighted by atomic mass is 35.5. The van der Waals surface area contributed by atoms with E-state index in [1.54, 1.807) is 12.1 Å². The van der Waals surface area contributed by atoms with Crippen molar-refractivity contribution in [1.82, 2.24) is 0 Å². The van der Waals surface area contributed by atoms with Crippen LogP contribution in [0.15, 0.2) is 24.3 Å². The third-order valence-corrected chi connectivity index (χ3v) is 4.26. The summed E-state index contributed by atoms with van der Waals surface area (Å²) in [7, 11) is 0. The summed E-state index contributed by atoms with van der Waals surface area (Å²) >= 11 is 6.22. The van der Waals surface area contributed by atoms with Crippen molar-refractivity contribution in [1.29, 1.82) is 0 Å². The van der Waals surface area contributed by atoms with E-state index in [-0.39, 0.29) is 0 Å². The Kier molecular flexibility index (Phi) is 4.71. The van der Waals surface area contributed by atoms with Crippen molar-refractivity contribution < 1.29 is 9.90 Å². The number of anilines is 1. The van der Waals surface area contributed by atoms with E-state index in [0.29, 0.717) is 16.9 Å². The van der Waals surface area contributed by atoms with E-state index < -0.39 is 5.97 Å². The maximum absolute atomic E-state index is 10.7. The van der Waals surface area contributed by atoms with Gasteiger partial charge in [0.05, 0.1) is 0 Å². The van der Waals surface area contributed by atoms with Crippen LogP contribution in [0.1, 0.15) is 25.8 Å². The first-order valence-corrected chi connectivity index (χ1v) is 7.31. The van der Waals surface area contributed by atoms with Crippen LogP contribution in [0.4, 0.5) is 5.69 Å². The number of hydrogen-bond acceptors (Lipinski definition) is 2. The van der Waals surface area contributed by atoms with Crippen LogP contribution in [0.25, 0.3) is 6.08 Å². The van der Waals surface area contributed by atoms with Gasteiger partial charge in [0.15, 0.2) is 0 Å². The number of benzene rings is 1. The van der Waals surface area contributed by atoms with E-state index in [0.717, 1.165) is 30.4 Å². The van der Waals surface area contributed by atoms with Gasteiger partial charge in [0.25, 0.3) is 0 Å². The molecule has 2 rings (SSSR count). The molecule has 0 radical (unpaired) electrons. The molecule has 0 amide bonds. The molecular formula is C16H20ClNO2. The Labute approximate surface area is 124 Å². The molecule has 1 N–H and O–H groups in total. The zero-order valence-corrected chi connectivity index (χ0v) is 12.6. The third kappa shape index (κ3) is 3.34. The minimum absolute atomic E-state index is 0.591. The number of nitrogens with zero attached hydrogens (tertiary/aromatic N) is 1. The van der Waals surface area contributed by atoms with Gasteiger partial charge in [0.1, 0.15) is 0 Å². The van der Waals surface area contributed by atoms with Gasteiger partial charge in [-0.15, -0.1) is 0 Å². The molecule has 0 spiro atoms. The van der Waals surface area contributed by atoms with Crippen LogP contribution >= 0.6 is 11.6 Å². The van der Waals surface area contributed by atoms with Gasteiger partial charge in [-0.3, -0.25) is 0 Å². The fourth-order valence-corrected chi connectivity index (χ4v) is 2.90. The molecule has 1 aliphatic heterocycles. The van der Waals surface area contributed by atoms with Gasteiger partial charge in [0, 0.05) is 35.4 Å². The van der Waals surface area contributed by atoms with Gasteiger partial charge in [-0.2, -0.15) is 0 Å². The summed E-state index contributed by atoms with van der Waals surface area (Å²) < 4.78 is 0. The lowest BCUT2D eigenvalue weighted by Crippen LogP contribution is -2.22. The lowest BCUT2D eigenvalue weighted by molar-refractivity contribution is -0.131. The van der Waals surface area contributed by atoms with Crippen molar-refractivity contribution in [3.05, 3.63) is 34.9 Å². The van der Waals surface area contributed by atoms with E-state index in [4.69, 9.17) is 16.7 Å². The predicted molar refractivity (Wildman–Crippen MR) is 83.3 cm³/mol. The average molecular weight is 294 g/mol. The van der Waals surface area contributed by atoms with Crippen molar-refractivity contribution in [2.75, 3.05) is 18.0 Å². The maximum Gasteiger partial charge on any atom is 0.328 e. The summed E-state index contributed by atoms with van der Waals surface area (Å²) in [6.07, 6.45) is 3.90. The molecule has 1 aromatic rings. The highest BCUT2D eigenvalue weighted by molar-refractivity contribution is 6.32. The highest BCUT2D eigenvalue weighted by Crippen LogP contribution is 2.34. The maximum atomic E-state index is 10.7. The third-order valence-electron chi connectivity index (χ3n) is 3.93. The molecule has 0 aliphatic carbocycles. The fraction of sp³-hybridized carbons (Fsp3) is 0.438. The molecule has 0 aromatic heterocycles.